The minimum atomic E-state index is -3.85. The van der Waals surface area contributed by atoms with Gasteiger partial charge in [-0.2, -0.15) is 13.5 Å². The molecule has 1 aromatic heterocycles. The predicted molar refractivity (Wildman–Crippen MR) is 140 cm³/mol. The highest BCUT2D eigenvalue weighted by molar-refractivity contribution is 7.86. The number of nitrogens with zero attached hydrogens (tertiary/aromatic N) is 1. The minimum absolute atomic E-state index is 0.0146. The molecule has 5 aliphatic rings. The third-order valence-corrected chi connectivity index (χ3v) is 11.6. The molecule has 4 fully saturated rings. The Labute approximate surface area is 229 Å². The summed E-state index contributed by atoms with van der Waals surface area (Å²) in [7, 11) is -3.85. The van der Waals surface area contributed by atoms with Crippen molar-refractivity contribution in [3.8, 4) is 0 Å². The van der Waals surface area contributed by atoms with Crippen LogP contribution >= 0.6 is 0 Å². The van der Waals surface area contributed by atoms with Crippen LogP contribution in [0.25, 0.3) is 0 Å². The van der Waals surface area contributed by atoms with Gasteiger partial charge in [-0.25, -0.2) is 0 Å². The lowest BCUT2D eigenvalue weighted by Gasteiger charge is -2.64. The molecule has 8 atom stereocenters. The van der Waals surface area contributed by atoms with Crippen LogP contribution in [0.15, 0.2) is 46.8 Å². The van der Waals surface area contributed by atoms with Crippen molar-refractivity contribution in [3.63, 3.8) is 0 Å². The number of allylic oxidation sites excluding steroid dienone is 4. The summed E-state index contributed by atoms with van der Waals surface area (Å²) in [4.78, 5) is 33.0. The maximum absolute atomic E-state index is 14.1. The molecule has 212 valence electrons. The second-order valence-electron chi connectivity index (χ2n) is 13.0. The van der Waals surface area contributed by atoms with Crippen molar-refractivity contribution in [1.29, 1.82) is 0 Å². The summed E-state index contributed by atoms with van der Waals surface area (Å²) in [6.45, 7) is 6.68. The lowest BCUT2D eigenvalue weighted by atomic mass is 9.41. The summed E-state index contributed by atoms with van der Waals surface area (Å²) in [6, 6.07) is 1.84. The van der Waals surface area contributed by atoms with E-state index in [4.69, 9.17) is 13.4 Å². The molecule has 1 saturated heterocycles. The van der Waals surface area contributed by atoms with Gasteiger partial charge in [0.2, 0.25) is 0 Å². The summed E-state index contributed by atoms with van der Waals surface area (Å²) in [5.41, 5.74) is -0.996. The molecule has 4 aliphatic carbocycles. The first kappa shape index (κ1) is 27.1. The number of Topliss-reactive ketones (excluding diaryl/α,β-unsaturated/α-hetero) is 1. The van der Waals surface area contributed by atoms with Gasteiger partial charge >= 0.3 is 0 Å². The van der Waals surface area contributed by atoms with Gasteiger partial charge in [0, 0.05) is 34.8 Å². The van der Waals surface area contributed by atoms with Crippen molar-refractivity contribution in [2.24, 2.45) is 34.0 Å². The molecule has 0 bridgehead atoms. The molecule has 1 aromatic rings. The van der Waals surface area contributed by atoms with Crippen LogP contribution in [0.5, 0.6) is 0 Å². The zero-order valence-electron chi connectivity index (χ0n) is 22.9. The summed E-state index contributed by atoms with van der Waals surface area (Å²) in [5.74, 6) is -0.674. The number of furan rings is 1. The Kier molecular flexibility index (Phi) is 6.04. The molecule has 39 heavy (non-hydrogen) atoms. The maximum atomic E-state index is 14.1. The Hall–Kier alpha value is -2.11. The fraction of sp³-hybridized carbons (Fsp3) is 0.655. The second kappa shape index (κ2) is 8.69. The molecule has 1 aliphatic heterocycles. The average molecular weight is 560 g/mol. The average Bonchev–Trinajstić information content (AvgIpc) is 3.53. The van der Waals surface area contributed by atoms with Gasteiger partial charge in [-0.15, -0.1) is 0 Å². The van der Waals surface area contributed by atoms with Crippen LogP contribution in [-0.4, -0.2) is 61.3 Å². The maximum Gasteiger partial charge on any atom is 0.264 e. The van der Waals surface area contributed by atoms with Crippen LogP contribution in [0.3, 0.4) is 0 Å². The van der Waals surface area contributed by atoms with Gasteiger partial charge < -0.3 is 9.52 Å². The Balaban J connectivity index is 1.41. The van der Waals surface area contributed by atoms with Crippen molar-refractivity contribution in [2.75, 3.05) is 19.4 Å². The number of aliphatic hydroxyl groups is 1. The SMILES string of the molecule is CC12C=CC(=O)C=C1CCC1C2C(O)CC2(C)C1(C)CC1CN(Cc3ccoc3)OC12C(=O)COS(C)(=O)=O. The first-order valence-electron chi connectivity index (χ1n) is 13.7. The highest BCUT2D eigenvalue weighted by atomic mass is 32.2. The Bertz CT molecular complexity index is 1370. The molecule has 2 heterocycles. The normalized spacial score (nSPS) is 43.4. The summed E-state index contributed by atoms with van der Waals surface area (Å²) < 4.78 is 34.0. The topological polar surface area (TPSA) is 123 Å². The zero-order valence-corrected chi connectivity index (χ0v) is 23.7. The highest BCUT2D eigenvalue weighted by Crippen LogP contribution is 2.75. The van der Waals surface area contributed by atoms with Gasteiger partial charge in [-0.05, 0) is 55.2 Å². The smallest absolute Gasteiger partial charge is 0.264 e. The molecule has 3 saturated carbocycles. The summed E-state index contributed by atoms with van der Waals surface area (Å²) >= 11 is 0. The summed E-state index contributed by atoms with van der Waals surface area (Å²) in [5, 5.41) is 13.7. The van der Waals surface area contributed by atoms with E-state index >= 15 is 0 Å². The van der Waals surface area contributed by atoms with Gasteiger partial charge in [-0.1, -0.05) is 32.4 Å². The van der Waals surface area contributed by atoms with E-state index in [0.29, 0.717) is 25.9 Å². The Morgan fingerprint density at radius 3 is 2.72 bits per heavy atom. The molecular formula is C29H37NO8S. The molecule has 0 spiro atoms. The van der Waals surface area contributed by atoms with E-state index in [1.54, 1.807) is 29.7 Å². The predicted octanol–water partition coefficient (Wildman–Crippen LogP) is 3.21. The van der Waals surface area contributed by atoms with Gasteiger partial charge in [0.25, 0.3) is 10.1 Å². The molecule has 6 rings (SSSR count). The monoisotopic (exact) mass is 559 g/mol. The van der Waals surface area contributed by atoms with E-state index in [9.17, 15) is 23.1 Å². The zero-order chi connectivity index (χ0) is 28.0. The van der Waals surface area contributed by atoms with Crippen LogP contribution in [0.4, 0.5) is 0 Å². The molecule has 9 nitrogen and oxygen atoms in total. The molecule has 8 unspecified atom stereocenters. The molecule has 1 N–H and O–H groups in total. The number of fused-ring (bicyclic) bond motifs is 7. The number of hydrogen-bond acceptors (Lipinski definition) is 9. The van der Waals surface area contributed by atoms with E-state index in [1.807, 2.05) is 19.1 Å². The van der Waals surface area contributed by atoms with Gasteiger partial charge in [0.05, 0.1) is 31.4 Å². The highest BCUT2D eigenvalue weighted by Gasteiger charge is 2.79. The van der Waals surface area contributed by atoms with Crippen LogP contribution in [0.1, 0.15) is 52.0 Å². The third-order valence-electron chi connectivity index (χ3n) is 11.1. The van der Waals surface area contributed by atoms with Crippen molar-refractivity contribution in [2.45, 2.75) is 64.7 Å². The van der Waals surface area contributed by atoms with Crippen molar-refractivity contribution in [3.05, 3.63) is 48.0 Å². The van der Waals surface area contributed by atoms with Gasteiger partial charge in [0.1, 0.15) is 6.61 Å². The second-order valence-corrected chi connectivity index (χ2v) is 14.6. The first-order chi connectivity index (χ1) is 18.2. The number of hydroxylamine groups is 2. The van der Waals surface area contributed by atoms with Crippen LogP contribution in [-0.2, 0) is 35.3 Å². The third kappa shape index (κ3) is 3.75. The number of ketones is 2. The minimum Gasteiger partial charge on any atom is -0.472 e. The number of rotatable bonds is 6. The fourth-order valence-corrected chi connectivity index (χ4v) is 9.66. The van der Waals surface area contributed by atoms with Gasteiger partial charge in [-0.3, -0.25) is 18.6 Å². The van der Waals surface area contributed by atoms with Gasteiger partial charge in [0.15, 0.2) is 17.2 Å². The van der Waals surface area contributed by atoms with Crippen molar-refractivity contribution in [1.82, 2.24) is 5.06 Å². The molecular weight excluding hydrogens is 522 g/mol. The van der Waals surface area contributed by atoms with E-state index in [0.717, 1.165) is 30.2 Å². The fourth-order valence-electron chi connectivity index (χ4n) is 9.33. The Morgan fingerprint density at radius 2 is 2.03 bits per heavy atom. The quantitative estimate of drug-likeness (QED) is 0.523. The molecule has 0 radical (unpaired) electrons. The standard InChI is InChI=1S/C29H37NO8S/c1-26-9-7-21(31)11-19(26)5-6-22-25(26)23(32)13-28(3)27(22,2)12-20-15-30(14-18-8-10-36-16-18)38-29(20,28)24(33)17-37-39(4,34)35/h7-11,16,20,22-23,25,32H,5-6,12-15,17H2,1-4H3. The van der Waals surface area contributed by atoms with E-state index in [-0.39, 0.29) is 29.0 Å². The molecule has 0 amide bonds. The van der Waals surface area contributed by atoms with Crippen molar-refractivity contribution < 1.29 is 36.6 Å². The number of carbonyl (C=O) groups excluding carboxylic acids is 2. The Morgan fingerprint density at radius 1 is 1.26 bits per heavy atom. The van der Waals surface area contributed by atoms with Crippen LogP contribution < -0.4 is 0 Å². The van der Waals surface area contributed by atoms with E-state index in [1.165, 1.54) is 0 Å². The van der Waals surface area contributed by atoms with Crippen LogP contribution in [0.2, 0.25) is 0 Å². The summed E-state index contributed by atoms with van der Waals surface area (Å²) in [6.07, 6.45) is 11.3. The first-order valence-corrected chi connectivity index (χ1v) is 15.5. The van der Waals surface area contributed by atoms with Crippen LogP contribution in [0, 0.1) is 34.0 Å². The number of aliphatic hydroxyl groups excluding tert-OH is 1. The number of carbonyl (C=O) groups is 2. The molecule has 10 heteroatoms. The number of hydrogen-bond donors (Lipinski definition) is 1. The van der Waals surface area contributed by atoms with Crippen molar-refractivity contribution >= 4 is 21.7 Å². The largest absolute Gasteiger partial charge is 0.472 e. The lowest BCUT2D eigenvalue weighted by molar-refractivity contribution is -0.269. The lowest BCUT2D eigenvalue weighted by Crippen LogP contribution is -2.66. The van der Waals surface area contributed by atoms with E-state index in [2.05, 4.69) is 13.8 Å². The molecule has 0 aromatic carbocycles. The van der Waals surface area contributed by atoms with E-state index < -0.39 is 45.0 Å².